The number of carboxylic acids is 1. The van der Waals surface area contributed by atoms with Crippen molar-refractivity contribution < 1.29 is 14.7 Å². The van der Waals surface area contributed by atoms with E-state index in [0.29, 0.717) is 37.1 Å². The zero-order valence-corrected chi connectivity index (χ0v) is 22.1. The number of hydrogen-bond acceptors (Lipinski definition) is 5. The lowest BCUT2D eigenvalue weighted by Crippen LogP contribution is -2.49. The second-order valence-corrected chi connectivity index (χ2v) is 8.72. The van der Waals surface area contributed by atoms with Crippen LogP contribution in [0.3, 0.4) is 0 Å². The first-order valence-electron chi connectivity index (χ1n) is 10.3. The number of carbonyl (C=O) groups excluding carboxylic acids is 1. The normalized spacial score (nSPS) is 12.6. The topological polar surface area (TPSA) is 113 Å². The van der Waals surface area contributed by atoms with Gasteiger partial charge in [-0.1, -0.05) is 13.8 Å². The van der Waals surface area contributed by atoms with E-state index >= 15 is 0 Å². The quantitative estimate of drug-likeness (QED) is 0.354. The third kappa shape index (κ3) is 8.68. The lowest BCUT2D eigenvalue weighted by atomic mass is 10.0. The molecule has 8 nitrogen and oxygen atoms in total. The minimum atomic E-state index is -1.13. The Labute approximate surface area is 217 Å². The molecular formula is C21H33Cl4N5O3. The number of benzene rings is 1. The number of imidazole rings is 1. The van der Waals surface area contributed by atoms with Crippen LogP contribution in [0.4, 0.5) is 5.69 Å². The van der Waals surface area contributed by atoms with Crippen molar-refractivity contribution in [2.75, 3.05) is 29.7 Å². The maximum absolute atomic E-state index is 12.3. The van der Waals surface area contributed by atoms with E-state index in [0.717, 1.165) is 16.7 Å². The molecule has 1 aromatic carbocycles. The summed E-state index contributed by atoms with van der Waals surface area (Å²) < 4.78 is 1.84. The molecule has 0 fully saturated rings. The summed E-state index contributed by atoms with van der Waals surface area (Å²) in [4.78, 5) is 30.8. The fourth-order valence-corrected chi connectivity index (χ4v) is 3.88. The molecule has 1 amide bonds. The molecule has 4 N–H and O–H groups in total. The molecule has 0 saturated heterocycles. The molecule has 0 aliphatic carbocycles. The number of carboxylic acid groups (broad SMARTS) is 1. The first kappa shape index (κ1) is 31.6. The highest BCUT2D eigenvalue weighted by atomic mass is 35.5. The Kier molecular flexibility index (Phi) is 14.1. The van der Waals surface area contributed by atoms with E-state index in [1.165, 1.54) is 0 Å². The van der Waals surface area contributed by atoms with Gasteiger partial charge in [0.15, 0.2) is 0 Å². The van der Waals surface area contributed by atoms with Gasteiger partial charge in [-0.2, -0.15) is 0 Å². The zero-order chi connectivity index (χ0) is 23.1. The van der Waals surface area contributed by atoms with Gasteiger partial charge in [0, 0.05) is 44.0 Å². The fourth-order valence-electron chi connectivity index (χ4n) is 3.47. The number of nitrogens with one attached hydrogen (secondary N) is 1. The molecule has 2 aromatic rings. The van der Waals surface area contributed by atoms with Crippen LogP contribution in [-0.2, 0) is 23.1 Å². The van der Waals surface area contributed by atoms with E-state index in [9.17, 15) is 14.7 Å². The molecule has 33 heavy (non-hydrogen) atoms. The van der Waals surface area contributed by atoms with Crippen LogP contribution in [0.1, 0.15) is 26.1 Å². The van der Waals surface area contributed by atoms with Crippen molar-refractivity contribution >= 4 is 76.6 Å². The van der Waals surface area contributed by atoms with Gasteiger partial charge < -0.3 is 25.6 Å². The predicted molar refractivity (Wildman–Crippen MR) is 140 cm³/mol. The summed E-state index contributed by atoms with van der Waals surface area (Å²) >= 11 is 11.8. The summed E-state index contributed by atoms with van der Waals surface area (Å²) in [6, 6.07) is 3.97. The van der Waals surface area contributed by atoms with Crippen LogP contribution in [0, 0.1) is 5.92 Å². The molecule has 0 aliphatic heterocycles. The van der Waals surface area contributed by atoms with Gasteiger partial charge in [-0.3, -0.25) is 4.79 Å². The van der Waals surface area contributed by atoms with E-state index in [-0.39, 0.29) is 37.2 Å². The summed E-state index contributed by atoms with van der Waals surface area (Å²) in [5.74, 6) is 0.129. The lowest BCUT2D eigenvalue weighted by Gasteiger charge is -2.22. The molecule has 1 aromatic heterocycles. The van der Waals surface area contributed by atoms with E-state index in [1.807, 2.05) is 43.7 Å². The maximum Gasteiger partial charge on any atom is 0.326 e. The molecule has 2 atom stereocenters. The van der Waals surface area contributed by atoms with Crippen LogP contribution >= 0.6 is 48.0 Å². The average molecular weight is 545 g/mol. The number of nitrogens with two attached hydrogens (primary N) is 1. The summed E-state index contributed by atoms with van der Waals surface area (Å²) in [7, 11) is 1.82. The summed E-state index contributed by atoms with van der Waals surface area (Å²) in [6.45, 7) is 5.22. The van der Waals surface area contributed by atoms with Gasteiger partial charge in [0.05, 0.1) is 17.1 Å². The molecule has 12 heteroatoms. The van der Waals surface area contributed by atoms with Crippen molar-refractivity contribution in [3.05, 3.63) is 24.0 Å². The van der Waals surface area contributed by atoms with Crippen molar-refractivity contribution in [1.29, 1.82) is 0 Å². The summed E-state index contributed by atoms with van der Waals surface area (Å²) in [6.07, 6.45) is 0.525. The first-order valence-corrected chi connectivity index (χ1v) is 11.4. The molecular weight excluding hydrogens is 512 g/mol. The zero-order valence-electron chi connectivity index (χ0n) is 19.0. The van der Waals surface area contributed by atoms with Gasteiger partial charge in [0.25, 0.3) is 0 Å². The number of carbonyl (C=O) groups is 2. The van der Waals surface area contributed by atoms with Gasteiger partial charge in [-0.05, 0) is 30.5 Å². The van der Waals surface area contributed by atoms with E-state index in [4.69, 9.17) is 28.9 Å². The monoisotopic (exact) mass is 543 g/mol. The van der Waals surface area contributed by atoms with Crippen molar-refractivity contribution in [2.24, 2.45) is 18.7 Å². The van der Waals surface area contributed by atoms with Crippen molar-refractivity contribution in [3.8, 4) is 0 Å². The number of nitrogens with zero attached hydrogens (tertiary/aromatic N) is 3. The Hall–Kier alpha value is -1.45. The number of rotatable bonds is 12. The largest absolute Gasteiger partial charge is 0.480 e. The van der Waals surface area contributed by atoms with Crippen molar-refractivity contribution in [1.82, 2.24) is 14.9 Å². The van der Waals surface area contributed by atoms with Crippen LogP contribution in [0.2, 0.25) is 0 Å². The minimum absolute atomic E-state index is 0. The Morgan fingerprint density at radius 1 is 1.21 bits per heavy atom. The molecule has 0 spiro atoms. The summed E-state index contributed by atoms with van der Waals surface area (Å²) in [5.41, 5.74) is 8.44. The molecule has 0 bridgehead atoms. The van der Waals surface area contributed by atoms with E-state index < -0.39 is 24.0 Å². The molecule has 0 aliphatic rings. The van der Waals surface area contributed by atoms with Crippen LogP contribution in [0.5, 0.6) is 0 Å². The van der Waals surface area contributed by atoms with Gasteiger partial charge in [0.1, 0.15) is 11.9 Å². The number of amides is 1. The standard InChI is InChI=1S/C21H31Cl2N5O3.2ClH/c1-13(2)10-15(24)20(29)26-17(21(30)31)12-19-25-16-11-14(4-5-18(16)27(19)3)28(8-6-22)9-7-23;;/h4-5,11,13,15,17H,6-10,12,24H2,1-3H3,(H,26,29)(H,30,31);2*1H. The second-order valence-electron chi connectivity index (χ2n) is 7.96. The number of alkyl halides is 2. The molecule has 1 heterocycles. The Morgan fingerprint density at radius 3 is 2.33 bits per heavy atom. The minimum Gasteiger partial charge on any atom is -0.480 e. The Bertz CT molecular complexity index is 903. The highest BCUT2D eigenvalue weighted by Gasteiger charge is 2.26. The number of aromatic nitrogens is 2. The number of aryl methyl sites for hydroxylation is 1. The smallest absolute Gasteiger partial charge is 0.326 e. The van der Waals surface area contributed by atoms with E-state index in [1.54, 1.807) is 0 Å². The van der Waals surface area contributed by atoms with Crippen LogP contribution < -0.4 is 16.0 Å². The van der Waals surface area contributed by atoms with E-state index in [2.05, 4.69) is 15.2 Å². The fraction of sp³-hybridized carbons (Fsp3) is 0.571. The van der Waals surface area contributed by atoms with Crippen molar-refractivity contribution in [3.63, 3.8) is 0 Å². The maximum atomic E-state index is 12.3. The number of anilines is 1. The van der Waals surface area contributed by atoms with Crippen LogP contribution in [0.15, 0.2) is 18.2 Å². The molecule has 0 radical (unpaired) electrons. The Balaban J connectivity index is 0.00000512. The van der Waals surface area contributed by atoms with Gasteiger partial charge in [-0.15, -0.1) is 48.0 Å². The number of fused-ring (bicyclic) bond motifs is 1. The third-order valence-electron chi connectivity index (χ3n) is 5.09. The number of hydrogen-bond donors (Lipinski definition) is 3. The van der Waals surface area contributed by atoms with Crippen molar-refractivity contribution in [2.45, 2.75) is 38.8 Å². The number of aliphatic carboxylic acids is 1. The second kappa shape index (κ2) is 14.7. The predicted octanol–water partition coefficient (Wildman–Crippen LogP) is 3.19. The highest BCUT2D eigenvalue weighted by Crippen LogP contribution is 2.23. The molecule has 188 valence electrons. The van der Waals surface area contributed by atoms with Crippen LogP contribution in [-0.4, -0.2) is 63.5 Å². The first-order chi connectivity index (χ1) is 14.7. The third-order valence-corrected chi connectivity index (χ3v) is 5.43. The van der Waals surface area contributed by atoms with Gasteiger partial charge in [0.2, 0.25) is 5.91 Å². The SMILES string of the molecule is CC(C)CC(N)C(=O)NC(Cc1nc2cc(N(CCCl)CCCl)ccc2n1C)C(=O)O.Cl.Cl. The number of halogens is 4. The molecule has 2 rings (SSSR count). The van der Waals surface area contributed by atoms with Gasteiger partial charge in [-0.25, -0.2) is 9.78 Å². The molecule has 2 unspecified atom stereocenters. The lowest BCUT2D eigenvalue weighted by molar-refractivity contribution is -0.142. The Morgan fingerprint density at radius 2 is 1.82 bits per heavy atom. The average Bonchev–Trinajstić information content (AvgIpc) is 3.01. The summed E-state index contributed by atoms with van der Waals surface area (Å²) in [5, 5.41) is 12.2. The molecule has 0 saturated carbocycles. The van der Waals surface area contributed by atoms with Gasteiger partial charge >= 0.3 is 5.97 Å². The van der Waals surface area contributed by atoms with Crippen LogP contribution in [0.25, 0.3) is 11.0 Å². The highest BCUT2D eigenvalue weighted by molar-refractivity contribution is 6.18.